The smallest absolute Gasteiger partial charge is 0.323 e. The predicted molar refractivity (Wildman–Crippen MR) is 66.8 cm³/mol. The van der Waals surface area contributed by atoms with Gasteiger partial charge in [0, 0.05) is 12.1 Å². The van der Waals surface area contributed by atoms with Crippen molar-refractivity contribution in [1.29, 1.82) is 0 Å². The van der Waals surface area contributed by atoms with Gasteiger partial charge in [0.15, 0.2) is 0 Å². The van der Waals surface area contributed by atoms with Crippen molar-refractivity contribution in [3.05, 3.63) is 0 Å². The first-order chi connectivity index (χ1) is 8.07. The summed E-state index contributed by atoms with van der Waals surface area (Å²) in [4.78, 5) is 13.8. The van der Waals surface area contributed by atoms with E-state index in [9.17, 15) is 9.90 Å². The largest absolute Gasteiger partial charge is 0.480 e. The molecule has 98 valence electrons. The summed E-state index contributed by atoms with van der Waals surface area (Å²) in [6.07, 6.45) is 6.99. The molecular formula is C13H24N2O2. The highest BCUT2D eigenvalue weighted by Gasteiger charge is 2.42. The molecule has 0 radical (unpaired) electrons. The van der Waals surface area contributed by atoms with E-state index in [1.165, 1.54) is 19.3 Å². The molecule has 3 N–H and O–H groups in total. The van der Waals surface area contributed by atoms with Gasteiger partial charge in [-0.15, -0.1) is 0 Å². The van der Waals surface area contributed by atoms with Crippen molar-refractivity contribution in [3.8, 4) is 0 Å². The number of likely N-dealkylation sites (tertiary alicyclic amines) is 1. The Balaban J connectivity index is 2.04. The van der Waals surface area contributed by atoms with Crippen LogP contribution in [0.15, 0.2) is 0 Å². The average Bonchev–Trinajstić information content (AvgIpc) is 2.77. The normalized spacial score (nSPS) is 39.4. The van der Waals surface area contributed by atoms with Gasteiger partial charge in [-0.1, -0.05) is 6.92 Å². The Labute approximate surface area is 103 Å². The fourth-order valence-electron chi connectivity index (χ4n) is 3.53. The number of carbonyl (C=O) groups is 1. The highest BCUT2D eigenvalue weighted by Crippen LogP contribution is 2.34. The lowest BCUT2D eigenvalue weighted by Crippen LogP contribution is -2.56. The molecule has 17 heavy (non-hydrogen) atoms. The minimum absolute atomic E-state index is 0.386. The van der Waals surface area contributed by atoms with Crippen molar-refractivity contribution in [3.63, 3.8) is 0 Å². The number of rotatable bonds is 3. The summed E-state index contributed by atoms with van der Waals surface area (Å²) in [7, 11) is 0. The summed E-state index contributed by atoms with van der Waals surface area (Å²) in [6, 6.07) is 1.04. The second-order valence-electron chi connectivity index (χ2n) is 5.65. The van der Waals surface area contributed by atoms with Crippen LogP contribution in [0.4, 0.5) is 0 Å². The van der Waals surface area contributed by atoms with Crippen LogP contribution in [0.5, 0.6) is 0 Å². The number of nitrogens with two attached hydrogens (primary N) is 1. The lowest BCUT2D eigenvalue weighted by Gasteiger charge is -2.41. The first-order valence-electron chi connectivity index (χ1n) is 6.85. The average molecular weight is 240 g/mol. The van der Waals surface area contributed by atoms with E-state index in [2.05, 4.69) is 11.8 Å². The second-order valence-corrected chi connectivity index (χ2v) is 5.65. The fourth-order valence-corrected chi connectivity index (χ4v) is 3.53. The molecule has 1 aliphatic heterocycles. The van der Waals surface area contributed by atoms with E-state index in [1.54, 1.807) is 0 Å². The third-order valence-corrected chi connectivity index (χ3v) is 4.55. The van der Waals surface area contributed by atoms with Crippen LogP contribution >= 0.6 is 0 Å². The molecule has 3 unspecified atom stereocenters. The number of hydrogen-bond donors (Lipinski definition) is 2. The molecule has 2 fully saturated rings. The highest BCUT2D eigenvalue weighted by atomic mass is 16.4. The third-order valence-electron chi connectivity index (χ3n) is 4.55. The van der Waals surface area contributed by atoms with Crippen LogP contribution in [0, 0.1) is 0 Å². The van der Waals surface area contributed by atoms with Crippen LogP contribution in [0.25, 0.3) is 0 Å². The molecule has 1 saturated carbocycles. The maximum absolute atomic E-state index is 11.2. The van der Waals surface area contributed by atoms with Gasteiger partial charge in [-0.3, -0.25) is 9.69 Å². The maximum atomic E-state index is 11.2. The van der Waals surface area contributed by atoms with Crippen molar-refractivity contribution in [1.82, 2.24) is 4.90 Å². The Bertz CT molecular complexity index is 295. The Morgan fingerprint density at radius 1 is 1.47 bits per heavy atom. The van der Waals surface area contributed by atoms with Crippen LogP contribution in [-0.4, -0.2) is 40.1 Å². The Kier molecular flexibility index (Phi) is 3.73. The molecule has 0 bridgehead atoms. The number of carboxylic acid groups (broad SMARTS) is 1. The quantitative estimate of drug-likeness (QED) is 0.786. The minimum atomic E-state index is -0.982. The molecule has 1 heterocycles. The van der Waals surface area contributed by atoms with E-state index < -0.39 is 11.5 Å². The van der Waals surface area contributed by atoms with Crippen LogP contribution in [0.1, 0.15) is 51.9 Å². The van der Waals surface area contributed by atoms with Gasteiger partial charge in [-0.25, -0.2) is 0 Å². The van der Waals surface area contributed by atoms with E-state index in [0.29, 0.717) is 24.9 Å². The molecule has 0 amide bonds. The molecule has 3 atom stereocenters. The molecule has 0 aromatic heterocycles. The zero-order chi connectivity index (χ0) is 12.5. The fraction of sp³-hybridized carbons (Fsp3) is 0.923. The summed E-state index contributed by atoms with van der Waals surface area (Å²) in [6.45, 7) is 3.34. The lowest BCUT2D eigenvalue weighted by atomic mass is 9.79. The van der Waals surface area contributed by atoms with Crippen molar-refractivity contribution < 1.29 is 9.90 Å². The Morgan fingerprint density at radius 3 is 2.88 bits per heavy atom. The highest BCUT2D eigenvalue weighted by molar-refractivity contribution is 5.78. The topological polar surface area (TPSA) is 66.6 Å². The standard InChI is InChI=1S/C13H24N2O2/c1-2-10-6-4-8-15(10)11-5-3-7-13(14,9-11)12(16)17/h10-11H,2-9,14H2,1H3,(H,16,17). The molecule has 1 aliphatic carbocycles. The summed E-state index contributed by atoms with van der Waals surface area (Å²) in [5, 5.41) is 9.24. The first-order valence-corrected chi connectivity index (χ1v) is 6.85. The van der Waals surface area contributed by atoms with Crippen LogP contribution < -0.4 is 5.73 Å². The minimum Gasteiger partial charge on any atom is -0.480 e. The summed E-state index contributed by atoms with van der Waals surface area (Å²) in [5.74, 6) is -0.825. The molecule has 0 aromatic carbocycles. The molecule has 4 nitrogen and oxygen atoms in total. The van der Waals surface area contributed by atoms with Gasteiger partial charge >= 0.3 is 5.97 Å². The predicted octanol–water partition coefficient (Wildman–Crippen LogP) is 1.59. The zero-order valence-electron chi connectivity index (χ0n) is 10.7. The van der Waals surface area contributed by atoms with Gasteiger partial charge in [0.05, 0.1) is 0 Å². The van der Waals surface area contributed by atoms with E-state index in [0.717, 1.165) is 19.4 Å². The van der Waals surface area contributed by atoms with Gasteiger partial charge in [0.1, 0.15) is 5.54 Å². The van der Waals surface area contributed by atoms with Gasteiger partial charge in [0.2, 0.25) is 0 Å². The zero-order valence-corrected chi connectivity index (χ0v) is 10.7. The monoisotopic (exact) mass is 240 g/mol. The molecular weight excluding hydrogens is 216 g/mol. The van der Waals surface area contributed by atoms with E-state index in [1.807, 2.05) is 0 Å². The molecule has 1 saturated heterocycles. The summed E-state index contributed by atoms with van der Waals surface area (Å²) in [5.41, 5.74) is 5.04. The van der Waals surface area contributed by atoms with Crippen molar-refractivity contribution in [2.24, 2.45) is 5.73 Å². The molecule has 0 spiro atoms. The summed E-state index contributed by atoms with van der Waals surface area (Å²) < 4.78 is 0. The summed E-state index contributed by atoms with van der Waals surface area (Å²) >= 11 is 0. The van der Waals surface area contributed by atoms with Crippen LogP contribution in [0.2, 0.25) is 0 Å². The van der Waals surface area contributed by atoms with Gasteiger partial charge in [0.25, 0.3) is 0 Å². The molecule has 0 aromatic rings. The van der Waals surface area contributed by atoms with E-state index in [-0.39, 0.29) is 0 Å². The molecule has 2 rings (SSSR count). The third kappa shape index (κ3) is 2.47. The van der Waals surface area contributed by atoms with Gasteiger partial charge in [-0.05, 0) is 51.5 Å². The van der Waals surface area contributed by atoms with Crippen molar-refractivity contribution in [2.45, 2.75) is 69.5 Å². The van der Waals surface area contributed by atoms with Crippen molar-refractivity contribution >= 4 is 5.97 Å². The van der Waals surface area contributed by atoms with Gasteiger partial charge < -0.3 is 10.8 Å². The lowest BCUT2D eigenvalue weighted by molar-refractivity contribution is -0.145. The number of carboxylic acids is 1. The molecule has 2 aliphatic rings. The van der Waals surface area contributed by atoms with Gasteiger partial charge in [-0.2, -0.15) is 0 Å². The van der Waals surface area contributed by atoms with Crippen molar-refractivity contribution in [2.75, 3.05) is 6.54 Å². The number of aliphatic carboxylic acids is 1. The Hall–Kier alpha value is -0.610. The van der Waals surface area contributed by atoms with E-state index >= 15 is 0 Å². The van der Waals surface area contributed by atoms with Crippen LogP contribution in [-0.2, 0) is 4.79 Å². The van der Waals surface area contributed by atoms with Crippen LogP contribution in [0.3, 0.4) is 0 Å². The maximum Gasteiger partial charge on any atom is 0.323 e. The number of nitrogens with zero attached hydrogens (tertiary/aromatic N) is 1. The second kappa shape index (κ2) is 4.94. The molecule has 4 heteroatoms. The number of hydrogen-bond acceptors (Lipinski definition) is 3. The first kappa shape index (κ1) is 12.8. The van der Waals surface area contributed by atoms with E-state index in [4.69, 9.17) is 5.73 Å². The Morgan fingerprint density at radius 2 is 2.24 bits per heavy atom. The SMILES string of the molecule is CCC1CCCN1C1CCCC(N)(C(=O)O)C1.